The minimum Gasteiger partial charge on any atom is -0.477 e. The van der Waals surface area contributed by atoms with Crippen molar-refractivity contribution in [3.05, 3.63) is 40.3 Å². The minimum absolute atomic E-state index is 0.0297. The van der Waals surface area contributed by atoms with E-state index in [1.807, 2.05) is 45.0 Å². The number of aromatic carboxylic acids is 1. The van der Waals surface area contributed by atoms with E-state index < -0.39 is 11.6 Å². The Hall–Kier alpha value is -2.35. The Morgan fingerprint density at radius 2 is 1.93 bits per heavy atom. The largest absolute Gasteiger partial charge is 0.477 e. The molecule has 3 unspecified atom stereocenters. The molecule has 1 saturated carbocycles. The number of carbonyl (C=O) groups is 2. The van der Waals surface area contributed by atoms with Gasteiger partial charge in [-0.3, -0.25) is 4.90 Å². The Balaban J connectivity index is 1.69. The molecule has 7 nitrogen and oxygen atoms in total. The number of carbonyl (C=O) groups excluding carboxylic acids is 1. The van der Waals surface area contributed by atoms with E-state index in [9.17, 15) is 14.7 Å². The maximum atomic E-state index is 12.8. The standard InChI is InChI=1S/C20H22BrN3O4/c1-20(2,3)28-19(27)24-13-8-11(13)9-14(24)17-22-15(16(23-17)18(25)26)10-4-6-12(21)7-5-10/h4-7,11,13-14H,8-9H2,1-3H3,(H,22,23)(H,25,26). The summed E-state index contributed by atoms with van der Waals surface area (Å²) in [5.74, 6) is -0.163. The Bertz CT molecular complexity index is 932. The third-order valence-electron chi connectivity index (χ3n) is 5.08. The first-order valence-electron chi connectivity index (χ1n) is 9.24. The molecular weight excluding hydrogens is 426 g/mol. The first-order chi connectivity index (χ1) is 13.1. The first-order valence-corrected chi connectivity index (χ1v) is 10.0. The number of likely N-dealkylation sites (tertiary alicyclic amines) is 1. The first kappa shape index (κ1) is 19.0. The second-order valence-electron chi connectivity index (χ2n) is 8.36. The van der Waals surface area contributed by atoms with E-state index in [0.717, 1.165) is 17.3 Å². The van der Waals surface area contributed by atoms with Crippen LogP contribution >= 0.6 is 15.9 Å². The number of rotatable bonds is 3. The van der Waals surface area contributed by atoms with E-state index in [1.54, 1.807) is 4.90 Å². The van der Waals surface area contributed by atoms with Crippen LogP contribution in [0.5, 0.6) is 0 Å². The van der Waals surface area contributed by atoms with Crippen molar-refractivity contribution in [2.75, 3.05) is 0 Å². The molecule has 0 spiro atoms. The molecule has 28 heavy (non-hydrogen) atoms. The molecule has 4 rings (SSSR count). The molecule has 2 aliphatic rings. The van der Waals surface area contributed by atoms with Gasteiger partial charge in [-0.2, -0.15) is 0 Å². The number of hydrogen-bond donors (Lipinski definition) is 2. The molecule has 2 heterocycles. The van der Waals surface area contributed by atoms with Gasteiger partial charge in [0.15, 0.2) is 5.69 Å². The van der Waals surface area contributed by atoms with Gasteiger partial charge in [0.25, 0.3) is 0 Å². The lowest BCUT2D eigenvalue weighted by Crippen LogP contribution is -2.38. The summed E-state index contributed by atoms with van der Waals surface area (Å²) in [5, 5.41) is 9.64. The van der Waals surface area contributed by atoms with Crippen LogP contribution in [0.3, 0.4) is 0 Å². The van der Waals surface area contributed by atoms with E-state index in [2.05, 4.69) is 25.9 Å². The number of nitrogens with one attached hydrogen (secondary N) is 1. The summed E-state index contributed by atoms with van der Waals surface area (Å²) in [4.78, 5) is 33.8. The molecule has 0 radical (unpaired) electrons. The number of aromatic nitrogens is 2. The summed E-state index contributed by atoms with van der Waals surface area (Å²) in [6.45, 7) is 5.50. The third-order valence-corrected chi connectivity index (χ3v) is 5.61. The van der Waals surface area contributed by atoms with Crippen LogP contribution in [0, 0.1) is 5.92 Å². The van der Waals surface area contributed by atoms with E-state index >= 15 is 0 Å². The van der Waals surface area contributed by atoms with Crippen LogP contribution in [0.2, 0.25) is 0 Å². The number of imidazole rings is 1. The summed E-state index contributed by atoms with van der Waals surface area (Å²) in [6, 6.07) is 7.15. The maximum absolute atomic E-state index is 12.8. The van der Waals surface area contributed by atoms with Crippen molar-refractivity contribution in [1.82, 2.24) is 14.9 Å². The zero-order chi connectivity index (χ0) is 20.2. The van der Waals surface area contributed by atoms with Crippen molar-refractivity contribution in [2.24, 2.45) is 5.92 Å². The predicted molar refractivity (Wildman–Crippen MR) is 106 cm³/mol. The molecule has 148 valence electrons. The summed E-state index contributed by atoms with van der Waals surface area (Å²) in [5.41, 5.74) is 0.517. The monoisotopic (exact) mass is 447 g/mol. The molecule has 8 heteroatoms. The van der Waals surface area contributed by atoms with Crippen LogP contribution in [-0.2, 0) is 4.74 Å². The van der Waals surface area contributed by atoms with Gasteiger partial charge in [-0.1, -0.05) is 28.1 Å². The molecule has 0 bridgehead atoms. The molecule has 1 aromatic carbocycles. The summed E-state index contributed by atoms with van der Waals surface area (Å²) in [7, 11) is 0. The number of ether oxygens (including phenoxy) is 1. The van der Waals surface area contributed by atoms with Gasteiger partial charge in [0, 0.05) is 16.1 Å². The second-order valence-corrected chi connectivity index (χ2v) is 9.28. The van der Waals surface area contributed by atoms with Crippen LogP contribution in [0.4, 0.5) is 4.79 Å². The van der Waals surface area contributed by atoms with Crippen LogP contribution in [0.15, 0.2) is 28.7 Å². The number of aromatic amines is 1. The average molecular weight is 448 g/mol. The van der Waals surface area contributed by atoms with Crippen molar-refractivity contribution >= 4 is 28.0 Å². The number of hydrogen-bond acceptors (Lipinski definition) is 4. The Kier molecular flexibility index (Phi) is 4.49. The zero-order valence-electron chi connectivity index (χ0n) is 15.9. The summed E-state index contributed by atoms with van der Waals surface area (Å²) < 4.78 is 6.48. The predicted octanol–water partition coefficient (Wildman–Crippen LogP) is 4.61. The number of H-pyrrole nitrogens is 1. The molecule has 1 aliphatic carbocycles. The Labute approximate surface area is 171 Å². The van der Waals surface area contributed by atoms with Gasteiger partial charge < -0.3 is 14.8 Å². The highest BCUT2D eigenvalue weighted by molar-refractivity contribution is 9.10. The van der Waals surface area contributed by atoms with Crippen molar-refractivity contribution in [1.29, 1.82) is 0 Å². The molecule has 1 amide bonds. The SMILES string of the molecule is CC(C)(C)OC(=O)N1C(c2nc(-c3ccc(Br)cc3)c(C(=O)O)[nH]2)CC2CC21. The molecule has 3 atom stereocenters. The third kappa shape index (κ3) is 3.53. The molecule has 1 aliphatic heterocycles. The highest BCUT2D eigenvalue weighted by Gasteiger charge is 2.56. The molecule has 2 aromatic rings. The normalized spacial score (nSPS) is 23.4. The fraction of sp³-hybridized carbons (Fsp3) is 0.450. The highest BCUT2D eigenvalue weighted by atomic mass is 79.9. The van der Waals surface area contributed by atoms with Crippen molar-refractivity contribution < 1.29 is 19.4 Å². The van der Waals surface area contributed by atoms with E-state index in [-0.39, 0.29) is 23.9 Å². The molecule has 1 saturated heterocycles. The number of carboxylic acids is 1. The quantitative estimate of drug-likeness (QED) is 0.715. The number of fused-ring (bicyclic) bond motifs is 1. The molecule has 1 aromatic heterocycles. The lowest BCUT2D eigenvalue weighted by Gasteiger charge is -2.29. The number of piperidine rings is 1. The number of amides is 1. The van der Waals surface area contributed by atoms with Gasteiger partial charge in [-0.25, -0.2) is 14.6 Å². The van der Waals surface area contributed by atoms with Crippen molar-refractivity contribution in [2.45, 2.75) is 51.3 Å². The van der Waals surface area contributed by atoms with Gasteiger partial charge in [0.05, 0.1) is 6.04 Å². The average Bonchev–Trinajstić information content (AvgIpc) is 3.04. The number of nitrogens with zero attached hydrogens (tertiary/aromatic N) is 2. The van der Waals surface area contributed by atoms with Gasteiger partial charge in [0.2, 0.25) is 0 Å². The second kappa shape index (κ2) is 6.62. The van der Waals surface area contributed by atoms with Gasteiger partial charge in [0.1, 0.15) is 17.1 Å². The summed E-state index contributed by atoms with van der Waals surface area (Å²) >= 11 is 3.38. The zero-order valence-corrected chi connectivity index (χ0v) is 17.5. The Morgan fingerprint density at radius 3 is 2.54 bits per heavy atom. The smallest absolute Gasteiger partial charge is 0.411 e. The van der Waals surface area contributed by atoms with Crippen molar-refractivity contribution in [3.8, 4) is 11.3 Å². The van der Waals surface area contributed by atoms with E-state index in [1.165, 1.54) is 0 Å². The Morgan fingerprint density at radius 1 is 1.25 bits per heavy atom. The van der Waals surface area contributed by atoms with Gasteiger partial charge >= 0.3 is 12.1 Å². The maximum Gasteiger partial charge on any atom is 0.411 e. The lowest BCUT2D eigenvalue weighted by molar-refractivity contribution is 0.0175. The fourth-order valence-corrected chi connectivity index (χ4v) is 4.06. The molecule has 2 fully saturated rings. The van der Waals surface area contributed by atoms with Crippen LogP contribution < -0.4 is 0 Å². The number of halogens is 1. The fourth-order valence-electron chi connectivity index (χ4n) is 3.80. The van der Waals surface area contributed by atoms with E-state index in [4.69, 9.17) is 4.74 Å². The van der Waals surface area contributed by atoms with Crippen molar-refractivity contribution in [3.63, 3.8) is 0 Å². The molecular formula is C20H22BrN3O4. The minimum atomic E-state index is -1.08. The van der Waals surface area contributed by atoms with E-state index in [0.29, 0.717) is 23.0 Å². The van der Waals surface area contributed by atoms with Crippen LogP contribution in [0.25, 0.3) is 11.3 Å². The number of carboxylic acid groups (broad SMARTS) is 1. The lowest BCUT2D eigenvalue weighted by atomic mass is 10.1. The van der Waals surface area contributed by atoms with Gasteiger partial charge in [-0.05, 0) is 51.7 Å². The highest BCUT2D eigenvalue weighted by Crippen LogP contribution is 2.53. The van der Waals surface area contributed by atoms with Gasteiger partial charge in [-0.15, -0.1) is 0 Å². The van der Waals surface area contributed by atoms with Crippen LogP contribution in [0.1, 0.15) is 56.0 Å². The summed E-state index contributed by atoms with van der Waals surface area (Å²) in [6.07, 6.45) is 1.35. The number of benzene rings is 1. The van der Waals surface area contributed by atoms with Crippen LogP contribution in [-0.4, -0.2) is 43.7 Å². The topological polar surface area (TPSA) is 95.5 Å². The molecule has 2 N–H and O–H groups in total.